The maximum absolute atomic E-state index is 13.8. The third-order valence-corrected chi connectivity index (χ3v) is 9.03. The molecule has 0 unspecified atom stereocenters. The van der Waals surface area contributed by atoms with E-state index < -0.39 is 23.9 Å². The highest BCUT2D eigenvalue weighted by Crippen LogP contribution is 2.25. The van der Waals surface area contributed by atoms with Gasteiger partial charge in [-0.2, -0.15) is 4.40 Å². The van der Waals surface area contributed by atoms with Crippen molar-refractivity contribution in [3.63, 3.8) is 0 Å². The highest BCUT2D eigenvalue weighted by atomic mass is 32.1. The summed E-state index contributed by atoms with van der Waals surface area (Å²) >= 11 is 2.68. The zero-order valence-electron chi connectivity index (χ0n) is 24.8. The van der Waals surface area contributed by atoms with Crippen molar-refractivity contribution in [2.45, 2.75) is 32.4 Å². The zero-order chi connectivity index (χ0) is 31.9. The van der Waals surface area contributed by atoms with Gasteiger partial charge in [-0.15, -0.1) is 11.3 Å². The Hall–Kier alpha value is -4.88. The van der Waals surface area contributed by atoms with Gasteiger partial charge in [0.2, 0.25) is 5.91 Å². The van der Waals surface area contributed by atoms with Crippen molar-refractivity contribution in [1.29, 1.82) is 0 Å². The Morgan fingerprint density at radius 1 is 1.04 bits per heavy atom. The van der Waals surface area contributed by atoms with Crippen molar-refractivity contribution >= 4 is 50.5 Å². The first-order chi connectivity index (χ1) is 21.7. The lowest BCUT2D eigenvalue weighted by molar-refractivity contribution is -0.642. The average molecular weight is 649 g/mol. The van der Waals surface area contributed by atoms with Gasteiger partial charge in [0.1, 0.15) is 34.8 Å². The van der Waals surface area contributed by atoms with Gasteiger partial charge in [-0.05, 0) is 48.9 Å². The van der Waals surface area contributed by atoms with E-state index in [0.29, 0.717) is 22.9 Å². The lowest BCUT2D eigenvalue weighted by Gasteiger charge is -2.29. The molecule has 3 aromatic heterocycles. The number of urea groups is 1. The molecule has 234 valence electrons. The number of aryl methyl sites for hydroxylation is 2. The number of aromatic nitrogens is 2. The van der Waals surface area contributed by atoms with Crippen LogP contribution in [0, 0.1) is 6.92 Å². The molecule has 0 bridgehead atoms. The number of para-hydroxylation sites is 1. The van der Waals surface area contributed by atoms with Gasteiger partial charge in [0, 0.05) is 17.7 Å². The van der Waals surface area contributed by atoms with Gasteiger partial charge in [-0.25, -0.2) is 14.2 Å². The lowest BCUT2D eigenvalue weighted by Crippen LogP contribution is -2.50. The van der Waals surface area contributed by atoms with E-state index in [1.54, 1.807) is 35.6 Å². The molecule has 11 nitrogen and oxygen atoms in total. The van der Waals surface area contributed by atoms with E-state index in [1.807, 2.05) is 65.7 Å². The zero-order valence-corrected chi connectivity index (χ0v) is 26.5. The van der Waals surface area contributed by atoms with Crippen LogP contribution in [0.1, 0.15) is 32.2 Å². The van der Waals surface area contributed by atoms with Gasteiger partial charge in [0.15, 0.2) is 5.69 Å². The number of nitrogens with two attached hydrogens (primary N) is 1. The van der Waals surface area contributed by atoms with Gasteiger partial charge < -0.3 is 25.2 Å². The molecule has 0 spiro atoms. The number of hydrogen-bond donors (Lipinski definition) is 3. The molecular weight excluding hydrogens is 615 g/mol. The Bertz CT molecular complexity index is 1780. The number of thiophene rings is 1. The molecule has 0 aliphatic carbocycles. The molecule has 2 aromatic carbocycles. The number of ether oxygens (including phenoxy) is 2. The third-order valence-electron chi connectivity index (χ3n) is 6.96. The summed E-state index contributed by atoms with van der Waals surface area (Å²) in [6.45, 7) is 2.67. The summed E-state index contributed by atoms with van der Waals surface area (Å²) in [6, 6.07) is 17.4. The van der Waals surface area contributed by atoms with Gasteiger partial charge in [0.25, 0.3) is 0 Å². The predicted molar refractivity (Wildman–Crippen MR) is 172 cm³/mol. The van der Waals surface area contributed by atoms with Crippen LogP contribution in [0.25, 0.3) is 4.96 Å². The van der Waals surface area contributed by atoms with E-state index in [2.05, 4.69) is 5.32 Å². The standard InChI is InChI=1S/C32H33N5O6S2/c1-21-18-36-23(19-35(2)32(36)44-21)20-37(26(29(33)39)17-22-9-11-24(38)12-10-22)31(41)34-28-14-13-27(45-28)30(40)43-16-6-15-42-25-7-4-3-5-8-25/h3-5,7-14,18-19,26H,6,15-17,20H2,1-2H3,(H3-,33,34,38,39,40,41)/p+1/t26-/m0/s1. The van der Waals surface area contributed by atoms with Gasteiger partial charge in [-0.1, -0.05) is 41.7 Å². The molecule has 3 heterocycles. The van der Waals surface area contributed by atoms with E-state index in [1.165, 1.54) is 17.0 Å². The van der Waals surface area contributed by atoms with Crippen LogP contribution < -0.4 is 20.4 Å². The second kappa shape index (κ2) is 14.3. The first-order valence-electron chi connectivity index (χ1n) is 14.2. The van der Waals surface area contributed by atoms with Gasteiger partial charge in [-0.3, -0.25) is 10.1 Å². The second-order valence-corrected chi connectivity index (χ2v) is 12.7. The van der Waals surface area contributed by atoms with Gasteiger partial charge in [0.05, 0.1) is 31.8 Å². The predicted octanol–water partition coefficient (Wildman–Crippen LogP) is 4.66. The monoisotopic (exact) mass is 648 g/mol. The molecular formula is C32H34N5O6S2+. The number of carbonyl (C=O) groups excluding carboxylic acids is 3. The molecule has 5 aromatic rings. The largest absolute Gasteiger partial charge is 0.508 e. The van der Waals surface area contributed by atoms with Crippen LogP contribution in [0.5, 0.6) is 11.5 Å². The number of anilines is 1. The number of imidazole rings is 1. The van der Waals surface area contributed by atoms with Crippen molar-refractivity contribution in [1.82, 2.24) is 9.30 Å². The van der Waals surface area contributed by atoms with Crippen molar-refractivity contribution in [2.24, 2.45) is 12.8 Å². The summed E-state index contributed by atoms with van der Waals surface area (Å²) in [6.07, 6.45) is 4.56. The van der Waals surface area contributed by atoms with Crippen LogP contribution in [0.3, 0.4) is 0 Å². The highest BCUT2D eigenvalue weighted by molar-refractivity contribution is 7.18. The normalized spacial score (nSPS) is 11.7. The number of nitrogens with zero attached hydrogens (tertiary/aromatic N) is 3. The van der Waals surface area contributed by atoms with Crippen molar-refractivity contribution < 1.29 is 33.5 Å². The van der Waals surface area contributed by atoms with Crippen LogP contribution in [0.2, 0.25) is 0 Å². The Morgan fingerprint density at radius 2 is 1.80 bits per heavy atom. The van der Waals surface area contributed by atoms with E-state index in [0.717, 1.165) is 38.2 Å². The number of primary amides is 1. The molecule has 5 rings (SSSR count). The summed E-state index contributed by atoms with van der Waals surface area (Å²) < 4.78 is 15.0. The third kappa shape index (κ3) is 7.99. The molecule has 1 atom stereocenters. The number of thiazole rings is 1. The fourth-order valence-electron chi connectivity index (χ4n) is 4.77. The molecule has 0 aliphatic heterocycles. The van der Waals surface area contributed by atoms with Crippen molar-refractivity contribution in [3.05, 3.63) is 100 Å². The summed E-state index contributed by atoms with van der Waals surface area (Å²) in [4.78, 5) is 43.1. The first kappa shape index (κ1) is 31.5. The molecule has 3 amide bonds. The molecule has 45 heavy (non-hydrogen) atoms. The molecule has 0 radical (unpaired) electrons. The Kier molecular flexibility index (Phi) is 10.0. The first-order valence-corrected chi connectivity index (χ1v) is 15.9. The van der Waals surface area contributed by atoms with Crippen molar-refractivity contribution in [2.75, 3.05) is 18.5 Å². The van der Waals surface area contributed by atoms with Gasteiger partial charge >= 0.3 is 17.0 Å². The minimum absolute atomic E-state index is 0.0844. The number of phenols is 1. The summed E-state index contributed by atoms with van der Waals surface area (Å²) in [5, 5.41) is 13.0. The van der Waals surface area contributed by atoms with Crippen LogP contribution in [-0.2, 0) is 29.5 Å². The maximum Gasteiger partial charge on any atom is 0.348 e. The second-order valence-electron chi connectivity index (χ2n) is 10.4. The number of esters is 1. The lowest BCUT2D eigenvalue weighted by atomic mass is 10.0. The smallest absolute Gasteiger partial charge is 0.348 e. The highest BCUT2D eigenvalue weighted by Gasteiger charge is 2.32. The number of benzene rings is 2. The molecule has 0 fully saturated rings. The topological polar surface area (TPSA) is 139 Å². The Labute approximate surface area is 268 Å². The Morgan fingerprint density at radius 3 is 2.53 bits per heavy atom. The molecule has 0 saturated carbocycles. The number of nitrogens with one attached hydrogen (secondary N) is 1. The number of amides is 3. The minimum Gasteiger partial charge on any atom is -0.508 e. The molecule has 13 heteroatoms. The summed E-state index contributed by atoms with van der Waals surface area (Å²) in [5.74, 6) is -0.342. The average Bonchev–Trinajstić information content (AvgIpc) is 3.72. The maximum atomic E-state index is 13.8. The fourth-order valence-corrected chi connectivity index (χ4v) is 6.47. The fraction of sp³-hybridized carbons (Fsp3) is 0.250. The van der Waals surface area contributed by atoms with E-state index >= 15 is 0 Å². The van der Waals surface area contributed by atoms with Crippen molar-refractivity contribution in [3.8, 4) is 11.5 Å². The number of rotatable bonds is 13. The van der Waals surface area contributed by atoms with Crippen LogP contribution in [0.4, 0.5) is 9.80 Å². The quantitative estimate of drug-likeness (QED) is 0.0965. The van der Waals surface area contributed by atoms with E-state index in [9.17, 15) is 19.5 Å². The molecule has 0 saturated heterocycles. The summed E-state index contributed by atoms with van der Waals surface area (Å²) in [5.41, 5.74) is 7.39. The van der Waals surface area contributed by atoms with E-state index in [4.69, 9.17) is 15.2 Å². The minimum atomic E-state index is -1.01. The van der Waals surface area contributed by atoms with Crippen LogP contribution >= 0.6 is 22.7 Å². The molecule has 4 N–H and O–H groups in total. The summed E-state index contributed by atoms with van der Waals surface area (Å²) in [7, 11) is 1.92. The number of fused-ring (bicyclic) bond motifs is 1. The SMILES string of the molecule is Cc1cn2c(CN(C(=O)Nc3ccc(C(=O)OCCCOc4ccccc4)s3)[C@@H](Cc3ccc(O)cc3)C(N)=O)c[n+](C)c2s1. The number of aromatic hydroxyl groups is 1. The van der Waals surface area contributed by atoms with Crippen LogP contribution in [0.15, 0.2) is 79.1 Å². The number of phenolic OH excluding ortho intramolecular Hbond substituents is 1. The van der Waals surface area contributed by atoms with E-state index in [-0.39, 0.29) is 25.3 Å². The molecule has 0 aliphatic rings. The number of hydrogen-bond acceptors (Lipinski definition) is 8. The van der Waals surface area contributed by atoms with Crippen LogP contribution in [-0.4, -0.2) is 51.6 Å². The Balaban J connectivity index is 1.28. The number of carbonyl (C=O) groups is 3.